The molecule has 1 unspecified atom stereocenters. The van der Waals surface area contributed by atoms with Crippen LogP contribution in [0.5, 0.6) is 0 Å². The third kappa shape index (κ3) is 1.67. The predicted octanol–water partition coefficient (Wildman–Crippen LogP) is 0.629. The number of aromatic nitrogens is 5. The average Bonchev–Trinajstić information content (AvgIpc) is 2.59. The van der Waals surface area contributed by atoms with Gasteiger partial charge in [-0.05, 0) is 22.9 Å². The zero-order valence-corrected chi connectivity index (χ0v) is 9.21. The van der Waals surface area contributed by atoms with Gasteiger partial charge in [0.1, 0.15) is 0 Å². The number of hydrogen-bond donors (Lipinski definition) is 1. The molecule has 0 amide bonds. The standard InChI is InChI=1S/C7H6BrN5O2/c1-3(6(14)15)13-5-4(11-12-13)2-9-7(8)10-5/h2-3H,1H3,(H,14,15). The lowest BCUT2D eigenvalue weighted by molar-refractivity contribution is -0.140. The number of aliphatic carboxylic acids is 1. The predicted molar refractivity (Wildman–Crippen MR) is 53.2 cm³/mol. The summed E-state index contributed by atoms with van der Waals surface area (Å²) in [6, 6.07) is -0.809. The van der Waals surface area contributed by atoms with Crippen LogP contribution in [-0.2, 0) is 4.79 Å². The van der Waals surface area contributed by atoms with Gasteiger partial charge in [-0.2, -0.15) is 0 Å². The summed E-state index contributed by atoms with van der Waals surface area (Å²) in [5.74, 6) is -0.989. The van der Waals surface area contributed by atoms with Crippen molar-refractivity contribution in [2.45, 2.75) is 13.0 Å². The van der Waals surface area contributed by atoms with Crippen molar-refractivity contribution in [1.82, 2.24) is 25.0 Å². The second kappa shape index (κ2) is 3.54. The van der Waals surface area contributed by atoms with E-state index in [2.05, 4.69) is 36.2 Å². The van der Waals surface area contributed by atoms with E-state index < -0.39 is 12.0 Å². The molecule has 2 aromatic heterocycles. The van der Waals surface area contributed by atoms with Crippen LogP contribution in [0.2, 0.25) is 0 Å². The molecule has 0 fully saturated rings. The highest BCUT2D eigenvalue weighted by molar-refractivity contribution is 9.10. The van der Waals surface area contributed by atoms with Gasteiger partial charge in [-0.25, -0.2) is 19.4 Å². The second-order valence-corrected chi connectivity index (χ2v) is 3.61. The monoisotopic (exact) mass is 271 g/mol. The normalized spacial score (nSPS) is 12.9. The van der Waals surface area contributed by atoms with Crippen molar-refractivity contribution >= 4 is 33.1 Å². The maximum Gasteiger partial charge on any atom is 0.328 e. The van der Waals surface area contributed by atoms with Gasteiger partial charge in [0.05, 0.1) is 6.20 Å². The Labute approximate surface area is 92.3 Å². The first-order valence-corrected chi connectivity index (χ1v) is 4.85. The highest BCUT2D eigenvalue weighted by Gasteiger charge is 2.18. The van der Waals surface area contributed by atoms with Crippen LogP contribution in [0.3, 0.4) is 0 Å². The van der Waals surface area contributed by atoms with Crippen molar-refractivity contribution in [3.8, 4) is 0 Å². The van der Waals surface area contributed by atoms with Crippen LogP contribution in [0.15, 0.2) is 10.9 Å². The number of carboxylic acid groups (broad SMARTS) is 1. The van der Waals surface area contributed by atoms with Gasteiger partial charge in [0, 0.05) is 0 Å². The summed E-state index contributed by atoms with van der Waals surface area (Å²) in [6.07, 6.45) is 1.48. The number of hydrogen-bond acceptors (Lipinski definition) is 5. The van der Waals surface area contributed by atoms with Gasteiger partial charge in [-0.15, -0.1) is 5.10 Å². The maximum atomic E-state index is 10.8. The van der Waals surface area contributed by atoms with Crippen molar-refractivity contribution < 1.29 is 9.90 Å². The number of nitrogens with zero attached hydrogens (tertiary/aromatic N) is 5. The van der Waals surface area contributed by atoms with Crippen LogP contribution in [0.4, 0.5) is 0 Å². The van der Waals surface area contributed by atoms with E-state index in [1.807, 2.05) is 0 Å². The van der Waals surface area contributed by atoms with Gasteiger partial charge in [-0.1, -0.05) is 5.21 Å². The Hall–Kier alpha value is -1.57. The molecule has 0 radical (unpaired) electrons. The summed E-state index contributed by atoms with van der Waals surface area (Å²) in [7, 11) is 0. The maximum absolute atomic E-state index is 10.8. The lowest BCUT2D eigenvalue weighted by Gasteiger charge is -2.05. The Balaban J connectivity index is 2.61. The fourth-order valence-electron chi connectivity index (χ4n) is 1.09. The van der Waals surface area contributed by atoms with Crippen molar-refractivity contribution in [1.29, 1.82) is 0 Å². The molecule has 15 heavy (non-hydrogen) atoms. The Morgan fingerprint density at radius 1 is 1.67 bits per heavy atom. The Kier molecular flexibility index (Phi) is 2.35. The lowest BCUT2D eigenvalue weighted by atomic mass is 10.3. The van der Waals surface area contributed by atoms with Crippen LogP contribution in [-0.4, -0.2) is 36.0 Å². The summed E-state index contributed by atoms with van der Waals surface area (Å²) in [5.41, 5.74) is 0.859. The summed E-state index contributed by atoms with van der Waals surface area (Å²) < 4.78 is 1.61. The van der Waals surface area contributed by atoms with E-state index in [4.69, 9.17) is 5.11 Å². The number of carbonyl (C=O) groups is 1. The molecule has 0 aliphatic heterocycles. The highest BCUT2D eigenvalue weighted by Crippen LogP contribution is 2.14. The average molecular weight is 272 g/mol. The van der Waals surface area contributed by atoms with E-state index in [0.29, 0.717) is 15.9 Å². The SMILES string of the molecule is CC(C(=O)O)n1nnc2cnc(Br)nc21. The lowest BCUT2D eigenvalue weighted by Crippen LogP contribution is -2.17. The van der Waals surface area contributed by atoms with Crippen LogP contribution >= 0.6 is 15.9 Å². The van der Waals surface area contributed by atoms with Gasteiger partial charge in [0.25, 0.3) is 0 Å². The first kappa shape index (κ1) is 9.97. The third-order valence-corrected chi connectivity index (χ3v) is 2.29. The second-order valence-electron chi connectivity index (χ2n) is 2.90. The summed E-state index contributed by atoms with van der Waals surface area (Å²) in [4.78, 5) is 18.7. The number of carboxylic acids is 1. The molecule has 0 bridgehead atoms. The zero-order chi connectivity index (χ0) is 11.0. The molecule has 0 saturated carbocycles. The minimum absolute atomic E-state index is 0.371. The van der Waals surface area contributed by atoms with Gasteiger partial charge in [0.15, 0.2) is 21.9 Å². The van der Waals surface area contributed by atoms with Crippen molar-refractivity contribution in [3.05, 3.63) is 10.9 Å². The Morgan fingerprint density at radius 3 is 3.07 bits per heavy atom. The molecule has 2 heterocycles. The molecule has 8 heteroatoms. The molecule has 0 spiro atoms. The number of rotatable bonds is 2. The Bertz CT molecular complexity index is 525. The summed E-state index contributed by atoms with van der Waals surface area (Å²) in [6.45, 7) is 1.51. The van der Waals surface area contributed by atoms with E-state index in [-0.39, 0.29) is 0 Å². The molecule has 2 rings (SSSR count). The van der Waals surface area contributed by atoms with E-state index in [1.165, 1.54) is 17.8 Å². The third-order valence-electron chi connectivity index (χ3n) is 1.91. The smallest absolute Gasteiger partial charge is 0.328 e. The molecule has 0 aliphatic rings. The number of halogens is 1. The molecule has 1 atom stereocenters. The largest absolute Gasteiger partial charge is 0.480 e. The van der Waals surface area contributed by atoms with Crippen LogP contribution in [0.25, 0.3) is 11.2 Å². The van der Waals surface area contributed by atoms with Crippen LogP contribution in [0, 0.1) is 0 Å². The molecule has 78 valence electrons. The molecule has 0 aromatic carbocycles. The highest BCUT2D eigenvalue weighted by atomic mass is 79.9. The molecule has 0 saturated heterocycles. The first-order chi connectivity index (χ1) is 7.09. The van der Waals surface area contributed by atoms with Gasteiger partial charge in [-0.3, -0.25) is 0 Å². The van der Waals surface area contributed by atoms with Gasteiger partial charge in [0.2, 0.25) is 0 Å². The molecular weight excluding hydrogens is 266 g/mol. The van der Waals surface area contributed by atoms with E-state index >= 15 is 0 Å². The first-order valence-electron chi connectivity index (χ1n) is 4.06. The molecule has 0 aliphatic carbocycles. The van der Waals surface area contributed by atoms with Gasteiger partial charge < -0.3 is 5.11 Å². The van der Waals surface area contributed by atoms with Crippen molar-refractivity contribution in [3.63, 3.8) is 0 Å². The van der Waals surface area contributed by atoms with E-state index in [1.54, 1.807) is 0 Å². The molecule has 1 N–H and O–H groups in total. The number of fused-ring (bicyclic) bond motifs is 1. The fourth-order valence-corrected chi connectivity index (χ4v) is 1.36. The van der Waals surface area contributed by atoms with Crippen LogP contribution < -0.4 is 0 Å². The van der Waals surface area contributed by atoms with E-state index in [9.17, 15) is 4.79 Å². The molecule has 7 nitrogen and oxygen atoms in total. The molecule has 2 aromatic rings. The van der Waals surface area contributed by atoms with Crippen molar-refractivity contribution in [2.75, 3.05) is 0 Å². The summed E-state index contributed by atoms with van der Waals surface area (Å²) >= 11 is 3.10. The minimum atomic E-state index is -0.989. The molecular formula is C7H6BrN5O2. The zero-order valence-electron chi connectivity index (χ0n) is 7.62. The Morgan fingerprint density at radius 2 is 2.40 bits per heavy atom. The van der Waals surface area contributed by atoms with E-state index in [0.717, 1.165) is 0 Å². The quantitative estimate of drug-likeness (QED) is 0.806. The topological polar surface area (TPSA) is 93.8 Å². The van der Waals surface area contributed by atoms with Gasteiger partial charge >= 0.3 is 5.97 Å². The van der Waals surface area contributed by atoms with Crippen LogP contribution in [0.1, 0.15) is 13.0 Å². The van der Waals surface area contributed by atoms with Crippen molar-refractivity contribution in [2.24, 2.45) is 0 Å². The minimum Gasteiger partial charge on any atom is -0.480 e. The summed E-state index contributed by atoms with van der Waals surface area (Å²) in [5, 5.41) is 16.3. The fraction of sp³-hybridized carbons (Fsp3) is 0.286.